The quantitative estimate of drug-likeness (QED) is 0.399. The van der Waals surface area contributed by atoms with Gasteiger partial charge in [-0.05, 0) is 24.1 Å². The van der Waals surface area contributed by atoms with E-state index in [2.05, 4.69) is 23.8 Å². The lowest BCUT2D eigenvalue weighted by atomic mass is 10.2. The molecule has 0 bridgehead atoms. The summed E-state index contributed by atoms with van der Waals surface area (Å²) in [7, 11) is 0. The zero-order chi connectivity index (χ0) is 13.1. The zero-order valence-corrected chi connectivity index (χ0v) is 11.7. The minimum Gasteiger partial charge on any atom is -0.280 e. The molecule has 96 valence electrons. The molecule has 0 radical (unpaired) electrons. The summed E-state index contributed by atoms with van der Waals surface area (Å²) in [4.78, 5) is 4.26. The molecular weight excluding hydrogens is 242 g/mol. The highest BCUT2D eigenvalue weighted by molar-refractivity contribution is 6.30. The maximum atomic E-state index is 5.88. The molecule has 1 aromatic rings. The second-order valence-corrected chi connectivity index (χ2v) is 4.63. The van der Waals surface area contributed by atoms with Crippen LogP contribution in [0.15, 0.2) is 29.3 Å². The Morgan fingerprint density at radius 1 is 1.22 bits per heavy atom. The van der Waals surface area contributed by atoms with Crippen molar-refractivity contribution >= 4 is 17.8 Å². The highest BCUT2D eigenvalue weighted by atomic mass is 35.5. The Kier molecular flexibility index (Phi) is 8.01. The fourth-order valence-corrected chi connectivity index (χ4v) is 1.77. The van der Waals surface area contributed by atoms with Crippen LogP contribution < -0.4 is 0 Å². The van der Waals surface area contributed by atoms with E-state index >= 15 is 0 Å². The van der Waals surface area contributed by atoms with Crippen LogP contribution in [0.5, 0.6) is 0 Å². The van der Waals surface area contributed by atoms with E-state index in [1.165, 1.54) is 25.7 Å². The number of benzene rings is 1. The molecule has 0 aliphatic heterocycles. The summed E-state index contributed by atoms with van der Waals surface area (Å²) in [6, 6.07) is 7.65. The third-order valence-corrected chi connectivity index (χ3v) is 2.77. The van der Waals surface area contributed by atoms with Crippen molar-refractivity contribution in [3.05, 3.63) is 34.9 Å². The molecule has 0 heterocycles. The van der Waals surface area contributed by atoms with Crippen molar-refractivity contribution in [2.75, 3.05) is 6.54 Å². The lowest BCUT2D eigenvalue weighted by Gasteiger charge is -1.92. The van der Waals surface area contributed by atoms with E-state index in [0.717, 1.165) is 17.0 Å². The first kappa shape index (κ1) is 14.8. The van der Waals surface area contributed by atoms with Crippen molar-refractivity contribution in [1.29, 1.82) is 0 Å². The van der Waals surface area contributed by atoms with Crippen LogP contribution in [0.3, 0.4) is 0 Å². The fourth-order valence-electron chi connectivity index (χ4n) is 1.57. The predicted octanol–water partition coefficient (Wildman–Crippen LogP) is 4.73. The molecule has 2 heteroatoms. The molecule has 0 saturated carbocycles. The lowest BCUT2D eigenvalue weighted by molar-refractivity contribution is 0.679. The number of hydrogen-bond donors (Lipinski definition) is 0. The number of nitrogens with zero attached hydrogens (tertiary/aromatic N) is 1. The molecule has 0 fully saturated rings. The van der Waals surface area contributed by atoms with Gasteiger partial charge in [0.1, 0.15) is 0 Å². The largest absolute Gasteiger partial charge is 0.280 e. The van der Waals surface area contributed by atoms with E-state index in [1.807, 2.05) is 30.5 Å². The average molecular weight is 262 g/mol. The van der Waals surface area contributed by atoms with E-state index in [9.17, 15) is 0 Å². The third-order valence-electron chi connectivity index (χ3n) is 2.54. The molecule has 18 heavy (non-hydrogen) atoms. The summed E-state index contributed by atoms with van der Waals surface area (Å²) < 4.78 is 0. The topological polar surface area (TPSA) is 12.4 Å². The lowest BCUT2D eigenvalue weighted by Crippen LogP contribution is -1.82. The number of halogens is 1. The number of unbranched alkanes of at least 4 members (excludes halogenated alkanes) is 4. The average Bonchev–Trinajstić information content (AvgIpc) is 2.37. The van der Waals surface area contributed by atoms with Crippen LogP contribution in [0.4, 0.5) is 0 Å². The Balaban J connectivity index is 2.19. The Hall–Kier alpha value is -1.26. The Bertz CT molecular complexity index is 426. The molecule has 0 N–H and O–H groups in total. The third kappa shape index (κ3) is 7.14. The number of hydrogen-bond acceptors (Lipinski definition) is 1. The van der Waals surface area contributed by atoms with Crippen molar-refractivity contribution in [2.24, 2.45) is 4.99 Å². The highest BCUT2D eigenvalue weighted by Crippen LogP contribution is 2.08. The maximum absolute atomic E-state index is 5.88. The van der Waals surface area contributed by atoms with Crippen LogP contribution >= 0.6 is 11.6 Å². The van der Waals surface area contributed by atoms with Crippen LogP contribution in [0.2, 0.25) is 5.02 Å². The number of rotatable bonds is 6. The summed E-state index contributed by atoms with van der Waals surface area (Å²) in [5.41, 5.74) is 1.02. The van der Waals surface area contributed by atoms with Crippen molar-refractivity contribution < 1.29 is 0 Å². The van der Waals surface area contributed by atoms with Gasteiger partial charge in [-0.1, -0.05) is 55.8 Å². The molecular formula is C16H20ClN. The first-order valence-corrected chi connectivity index (χ1v) is 6.92. The molecule has 0 amide bonds. The second kappa shape index (κ2) is 9.74. The summed E-state index contributed by atoms with van der Waals surface area (Å²) >= 11 is 5.88. The van der Waals surface area contributed by atoms with Crippen LogP contribution in [0.25, 0.3) is 0 Å². The molecule has 1 rings (SSSR count). The summed E-state index contributed by atoms with van der Waals surface area (Å²) in [5, 5.41) is 0.737. The van der Waals surface area contributed by atoms with E-state index < -0.39 is 0 Å². The van der Waals surface area contributed by atoms with E-state index in [0.29, 0.717) is 6.54 Å². The van der Waals surface area contributed by atoms with E-state index in [4.69, 9.17) is 11.6 Å². The van der Waals surface area contributed by atoms with Gasteiger partial charge in [0, 0.05) is 17.7 Å². The van der Waals surface area contributed by atoms with Gasteiger partial charge in [-0.15, -0.1) is 5.92 Å². The first-order valence-electron chi connectivity index (χ1n) is 6.54. The van der Waals surface area contributed by atoms with E-state index in [1.54, 1.807) is 0 Å². The molecule has 0 aliphatic carbocycles. The maximum Gasteiger partial charge on any atom is 0.0997 e. The summed E-state index contributed by atoms with van der Waals surface area (Å²) in [5.74, 6) is 6.22. The van der Waals surface area contributed by atoms with Crippen LogP contribution in [0, 0.1) is 11.8 Å². The van der Waals surface area contributed by atoms with Crippen LogP contribution in [-0.4, -0.2) is 12.8 Å². The SMILES string of the molecule is CCCCCCC#CCN=Cc1cccc(Cl)c1. The number of aliphatic imine (C=N–C) groups is 1. The fraction of sp³-hybridized carbons (Fsp3) is 0.438. The van der Waals surface area contributed by atoms with Crippen molar-refractivity contribution in [1.82, 2.24) is 0 Å². The molecule has 0 unspecified atom stereocenters. The van der Waals surface area contributed by atoms with Gasteiger partial charge in [-0.25, -0.2) is 0 Å². The summed E-state index contributed by atoms with van der Waals surface area (Å²) in [6.45, 7) is 2.79. The van der Waals surface area contributed by atoms with Gasteiger partial charge in [0.25, 0.3) is 0 Å². The van der Waals surface area contributed by atoms with Crippen LogP contribution in [0.1, 0.15) is 44.6 Å². The minimum absolute atomic E-state index is 0.570. The molecule has 0 atom stereocenters. The molecule has 1 nitrogen and oxygen atoms in total. The van der Waals surface area contributed by atoms with Gasteiger partial charge in [-0.2, -0.15) is 0 Å². The minimum atomic E-state index is 0.570. The van der Waals surface area contributed by atoms with Crippen LogP contribution in [-0.2, 0) is 0 Å². The highest BCUT2D eigenvalue weighted by Gasteiger charge is 1.88. The van der Waals surface area contributed by atoms with Gasteiger partial charge < -0.3 is 0 Å². The van der Waals surface area contributed by atoms with Gasteiger partial charge in [0.15, 0.2) is 0 Å². The van der Waals surface area contributed by atoms with Gasteiger partial charge in [-0.3, -0.25) is 4.99 Å². The Morgan fingerprint density at radius 2 is 2.11 bits per heavy atom. The molecule has 0 saturated heterocycles. The zero-order valence-electron chi connectivity index (χ0n) is 11.0. The second-order valence-electron chi connectivity index (χ2n) is 4.19. The predicted molar refractivity (Wildman–Crippen MR) is 80.4 cm³/mol. The molecule has 0 aliphatic rings. The van der Waals surface area contributed by atoms with Crippen molar-refractivity contribution in [2.45, 2.75) is 39.0 Å². The summed E-state index contributed by atoms with van der Waals surface area (Å²) in [6.07, 6.45) is 7.89. The standard InChI is InChI=1S/C16H20ClN/c1-2-3-4-5-6-7-8-12-18-14-15-10-9-11-16(17)13-15/h9-11,13-14H,2-6,12H2,1H3. The Labute approximate surface area is 115 Å². The molecule has 1 aromatic carbocycles. The van der Waals surface area contributed by atoms with Gasteiger partial charge in [0.2, 0.25) is 0 Å². The molecule has 0 aromatic heterocycles. The molecule has 0 spiro atoms. The van der Waals surface area contributed by atoms with Crippen molar-refractivity contribution in [3.8, 4) is 11.8 Å². The first-order chi connectivity index (χ1) is 8.83. The smallest absolute Gasteiger partial charge is 0.0997 e. The van der Waals surface area contributed by atoms with Crippen molar-refractivity contribution in [3.63, 3.8) is 0 Å². The van der Waals surface area contributed by atoms with E-state index in [-0.39, 0.29) is 0 Å². The van der Waals surface area contributed by atoms with Gasteiger partial charge >= 0.3 is 0 Å². The monoisotopic (exact) mass is 261 g/mol. The normalized spacial score (nSPS) is 10.3. The Morgan fingerprint density at radius 3 is 2.89 bits per heavy atom. The van der Waals surface area contributed by atoms with Gasteiger partial charge in [0.05, 0.1) is 6.54 Å².